The minimum Gasteiger partial charge on any atom is -0.348 e. The normalized spacial score (nSPS) is 14.5. The number of aromatic nitrogens is 2. The quantitative estimate of drug-likeness (QED) is 0.776. The monoisotopic (exact) mass is 380 g/mol. The van der Waals surface area contributed by atoms with Crippen molar-refractivity contribution in [2.24, 2.45) is 0 Å². The number of ketones is 1. The maximum Gasteiger partial charge on any atom is 0.271 e. The van der Waals surface area contributed by atoms with E-state index in [1.54, 1.807) is 17.0 Å². The average Bonchev–Trinajstić information content (AvgIpc) is 2.73. The van der Waals surface area contributed by atoms with Crippen LogP contribution in [0.25, 0.3) is 0 Å². The minimum absolute atomic E-state index is 0.00717. The fourth-order valence-corrected chi connectivity index (χ4v) is 3.21. The van der Waals surface area contributed by atoms with Gasteiger partial charge in [-0.15, -0.1) is 0 Å². The molecule has 0 bridgehead atoms. The van der Waals surface area contributed by atoms with E-state index in [9.17, 15) is 14.4 Å². The molecule has 2 amide bonds. The maximum absolute atomic E-state index is 12.4. The van der Waals surface area contributed by atoms with Gasteiger partial charge in [-0.3, -0.25) is 19.4 Å². The van der Waals surface area contributed by atoms with E-state index in [0.717, 1.165) is 5.56 Å². The van der Waals surface area contributed by atoms with Gasteiger partial charge in [0.15, 0.2) is 5.78 Å². The molecular weight excluding hydrogens is 356 g/mol. The Kier molecular flexibility index (Phi) is 6.47. The molecule has 1 aromatic carbocycles. The molecule has 1 aliphatic heterocycles. The molecule has 7 nitrogen and oxygen atoms in total. The minimum atomic E-state index is -0.249. The smallest absolute Gasteiger partial charge is 0.271 e. The van der Waals surface area contributed by atoms with Gasteiger partial charge in [-0.1, -0.05) is 29.8 Å². The predicted octanol–water partition coefficient (Wildman–Crippen LogP) is 2.17. The molecule has 0 atom stereocenters. The van der Waals surface area contributed by atoms with Gasteiger partial charge in [-0.25, -0.2) is 4.98 Å². The number of carbonyl (C=O) groups excluding carboxylic acids is 3. The highest BCUT2D eigenvalue weighted by Gasteiger charge is 2.24. The molecule has 2 aromatic rings. The van der Waals surface area contributed by atoms with Gasteiger partial charge in [0, 0.05) is 49.9 Å². The van der Waals surface area contributed by atoms with E-state index in [4.69, 9.17) is 0 Å². The lowest BCUT2D eigenvalue weighted by Gasteiger charge is -2.32. The highest BCUT2D eigenvalue weighted by Crippen LogP contribution is 2.14. The van der Waals surface area contributed by atoms with Crippen molar-refractivity contribution in [3.05, 3.63) is 59.7 Å². The van der Waals surface area contributed by atoms with Gasteiger partial charge in [0.1, 0.15) is 5.69 Å². The molecule has 7 heteroatoms. The van der Waals surface area contributed by atoms with E-state index >= 15 is 0 Å². The van der Waals surface area contributed by atoms with Gasteiger partial charge in [-0.05, 0) is 19.8 Å². The summed E-state index contributed by atoms with van der Waals surface area (Å²) in [7, 11) is 0. The molecule has 146 valence electrons. The molecule has 1 fully saturated rings. The molecular formula is C21H24N4O3. The average molecular weight is 380 g/mol. The van der Waals surface area contributed by atoms with Crippen LogP contribution >= 0.6 is 0 Å². The van der Waals surface area contributed by atoms with Crippen molar-refractivity contribution in [1.82, 2.24) is 20.2 Å². The molecule has 1 aromatic heterocycles. The first-order valence-electron chi connectivity index (χ1n) is 9.47. The van der Waals surface area contributed by atoms with Crippen LogP contribution in [-0.2, 0) is 4.79 Å². The van der Waals surface area contributed by atoms with E-state index in [1.165, 1.54) is 18.6 Å². The van der Waals surface area contributed by atoms with E-state index in [0.29, 0.717) is 31.5 Å². The number of nitrogens with one attached hydrogen (secondary N) is 1. The lowest BCUT2D eigenvalue weighted by Crippen LogP contribution is -2.46. The number of Topliss-reactive ketones (excluding diaryl/α,β-unsaturated/α-hetero) is 1. The van der Waals surface area contributed by atoms with Crippen LogP contribution in [0.1, 0.15) is 52.1 Å². The largest absolute Gasteiger partial charge is 0.348 e. The molecule has 1 saturated heterocycles. The van der Waals surface area contributed by atoms with Gasteiger partial charge in [0.05, 0.1) is 6.20 Å². The van der Waals surface area contributed by atoms with Crippen LogP contribution in [0.4, 0.5) is 0 Å². The highest BCUT2D eigenvalue weighted by molar-refractivity contribution is 5.98. The summed E-state index contributed by atoms with van der Waals surface area (Å²) < 4.78 is 0. The van der Waals surface area contributed by atoms with Crippen molar-refractivity contribution in [3.8, 4) is 0 Å². The first-order chi connectivity index (χ1) is 13.5. The number of nitrogens with zero attached hydrogens (tertiary/aromatic N) is 3. The molecule has 2 heterocycles. The Morgan fingerprint density at radius 1 is 1.07 bits per heavy atom. The van der Waals surface area contributed by atoms with Crippen molar-refractivity contribution in [2.45, 2.75) is 38.6 Å². The Hall–Kier alpha value is -3.09. The number of likely N-dealkylation sites (tertiary alicyclic amines) is 1. The number of hydrogen-bond donors (Lipinski definition) is 1. The number of hydrogen-bond acceptors (Lipinski definition) is 5. The molecule has 0 radical (unpaired) electrons. The SMILES string of the molecule is Cc1ccc(C(=O)CCC(=O)N2CCC(NC(=O)c3cnccn3)CC2)cc1. The third-order valence-corrected chi connectivity index (χ3v) is 4.92. The Morgan fingerprint density at radius 2 is 1.79 bits per heavy atom. The Balaban J connectivity index is 1.41. The summed E-state index contributed by atoms with van der Waals surface area (Å²) >= 11 is 0. The number of amides is 2. The van der Waals surface area contributed by atoms with Gasteiger partial charge in [0.2, 0.25) is 5.91 Å². The second-order valence-corrected chi connectivity index (χ2v) is 7.01. The van der Waals surface area contributed by atoms with Crippen molar-refractivity contribution in [3.63, 3.8) is 0 Å². The Morgan fingerprint density at radius 3 is 2.43 bits per heavy atom. The molecule has 3 rings (SSSR count). The van der Waals surface area contributed by atoms with Crippen molar-refractivity contribution in [1.29, 1.82) is 0 Å². The Labute approximate surface area is 164 Å². The third kappa shape index (κ3) is 5.22. The predicted molar refractivity (Wildman–Crippen MR) is 104 cm³/mol. The second-order valence-electron chi connectivity index (χ2n) is 7.01. The molecule has 0 saturated carbocycles. The van der Waals surface area contributed by atoms with Crippen LogP contribution in [0, 0.1) is 6.92 Å². The standard InChI is InChI=1S/C21H24N4O3/c1-15-2-4-16(5-3-15)19(26)6-7-20(27)25-12-8-17(9-13-25)24-21(28)18-14-22-10-11-23-18/h2-5,10-11,14,17H,6-9,12-13H2,1H3,(H,24,28). The second kappa shape index (κ2) is 9.21. The number of carbonyl (C=O) groups is 3. The van der Waals surface area contributed by atoms with Gasteiger partial charge in [-0.2, -0.15) is 0 Å². The number of rotatable bonds is 6. The number of piperidine rings is 1. The van der Waals surface area contributed by atoms with Gasteiger partial charge in [0.25, 0.3) is 5.91 Å². The van der Waals surface area contributed by atoms with Crippen LogP contribution in [0.15, 0.2) is 42.9 Å². The molecule has 0 spiro atoms. The van der Waals surface area contributed by atoms with E-state index in [1.807, 2.05) is 19.1 Å². The fourth-order valence-electron chi connectivity index (χ4n) is 3.21. The zero-order chi connectivity index (χ0) is 19.9. The zero-order valence-corrected chi connectivity index (χ0v) is 15.9. The summed E-state index contributed by atoms with van der Waals surface area (Å²) in [5.41, 5.74) is 2.03. The topological polar surface area (TPSA) is 92.3 Å². The fraction of sp³-hybridized carbons (Fsp3) is 0.381. The maximum atomic E-state index is 12.4. The summed E-state index contributed by atoms with van der Waals surface area (Å²) in [5, 5.41) is 2.94. The van der Waals surface area contributed by atoms with Gasteiger partial charge < -0.3 is 10.2 Å². The van der Waals surface area contributed by atoms with Crippen molar-refractivity contribution in [2.75, 3.05) is 13.1 Å². The molecule has 0 aliphatic carbocycles. The summed E-state index contributed by atoms with van der Waals surface area (Å²) in [6.45, 7) is 3.11. The first-order valence-corrected chi connectivity index (χ1v) is 9.47. The van der Waals surface area contributed by atoms with Crippen molar-refractivity contribution < 1.29 is 14.4 Å². The van der Waals surface area contributed by atoms with Gasteiger partial charge >= 0.3 is 0 Å². The van der Waals surface area contributed by atoms with Crippen molar-refractivity contribution >= 4 is 17.6 Å². The van der Waals surface area contributed by atoms with Crippen LogP contribution in [-0.4, -0.2) is 51.6 Å². The van der Waals surface area contributed by atoms with E-state index in [2.05, 4.69) is 15.3 Å². The number of aryl methyl sites for hydroxylation is 1. The summed E-state index contributed by atoms with van der Waals surface area (Å²) in [6, 6.07) is 7.40. The third-order valence-electron chi connectivity index (χ3n) is 4.92. The lowest BCUT2D eigenvalue weighted by atomic mass is 10.0. The highest BCUT2D eigenvalue weighted by atomic mass is 16.2. The van der Waals surface area contributed by atoms with Crippen LogP contribution in [0.3, 0.4) is 0 Å². The van der Waals surface area contributed by atoms with E-state index in [-0.39, 0.29) is 42.2 Å². The zero-order valence-electron chi connectivity index (χ0n) is 15.9. The summed E-state index contributed by atoms with van der Waals surface area (Å²) in [6.07, 6.45) is 6.22. The summed E-state index contributed by atoms with van der Waals surface area (Å²) in [4.78, 5) is 46.4. The van der Waals surface area contributed by atoms with Crippen LogP contribution in [0.2, 0.25) is 0 Å². The summed E-state index contributed by atoms with van der Waals surface area (Å²) in [5.74, 6) is -0.278. The van der Waals surface area contributed by atoms with Crippen LogP contribution < -0.4 is 5.32 Å². The molecule has 28 heavy (non-hydrogen) atoms. The van der Waals surface area contributed by atoms with Crippen LogP contribution in [0.5, 0.6) is 0 Å². The molecule has 1 N–H and O–H groups in total. The number of benzene rings is 1. The molecule has 0 unspecified atom stereocenters. The first kappa shape index (κ1) is 19.7. The molecule has 1 aliphatic rings. The van der Waals surface area contributed by atoms with E-state index < -0.39 is 0 Å². The lowest BCUT2D eigenvalue weighted by molar-refractivity contribution is -0.132. The Bertz CT molecular complexity index is 828.